The minimum absolute atomic E-state index is 0.241. The van der Waals surface area contributed by atoms with Gasteiger partial charge in [-0.2, -0.15) is 0 Å². The molecule has 0 aliphatic carbocycles. The Morgan fingerprint density at radius 2 is 1.74 bits per heavy atom. The summed E-state index contributed by atoms with van der Waals surface area (Å²) in [5, 5.41) is 4.02. The van der Waals surface area contributed by atoms with Gasteiger partial charge in [-0.05, 0) is 18.6 Å². The van der Waals surface area contributed by atoms with Crippen LogP contribution >= 0.6 is 0 Å². The van der Waals surface area contributed by atoms with Gasteiger partial charge in [0, 0.05) is 17.2 Å². The molecule has 0 bridgehead atoms. The Morgan fingerprint density at radius 3 is 2.47 bits per heavy atom. The van der Waals surface area contributed by atoms with Crippen molar-refractivity contribution in [3.8, 4) is 22.6 Å². The largest absolute Gasteiger partial charge is 0.356 e. The minimum Gasteiger partial charge on any atom is -0.356 e. The van der Waals surface area contributed by atoms with Crippen LogP contribution in [0.1, 0.15) is 5.56 Å². The van der Waals surface area contributed by atoms with Crippen molar-refractivity contribution >= 4 is 0 Å². The minimum atomic E-state index is -0.241. The predicted molar refractivity (Wildman–Crippen MR) is 72.1 cm³/mol. The fraction of sp³-hybridized carbons (Fsp3) is 0.0625. The number of hydrogen-bond donors (Lipinski definition) is 0. The lowest BCUT2D eigenvalue weighted by molar-refractivity contribution is 0.434. The number of rotatable bonds is 2. The molecule has 19 heavy (non-hydrogen) atoms. The molecule has 2 aromatic carbocycles. The summed E-state index contributed by atoms with van der Waals surface area (Å²) in [6.45, 7) is 1.73. The van der Waals surface area contributed by atoms with Crippen LogP contribution < -0.4 is 0 Å². The van der Waals surface area contributed by atoms with Crippen LogP contribution in [0.2, 0.25) is 0 Å². The zero-order valence-corrected chi connectivity index (χ0v) is 10.4. The third kappa shape index (κ3) is 2.27. The average molecular weight is 253 g/mol. The molecule has 0 atom stereocenters. The second-order valence-electron chi connectivity index (χ2n) is 4.41. The number of halogens is 1. The topological polar surface area (TPSA) is 26.0 Å². The highest BCUT2D eigenvalue weighted by atomic mass is 19.1. The van der Waals surface area contributed by atoms with Gasteiger partial charge in [0.25, 0.3) is 0 Å². The summed E-state index contributed by atoms with van der Waals surface area (Å²) in [6.07, 6.45) is 0. The van der Waals surface area contributed by atoms with Crippen LogP contribution in [0.15, 0.2) is 59.1 Å². The number of benzene rings is 2. The van der Waals surface area contributed by atoms with Crippen molar-refractivity contribution in [3.05, 3.63) is 66.0 Å². The molecule has 0 aliphatic heterocycles. The first-order valence-corrected chi connectivity index (χ1v) is 6.03. The van der Waals surface area contributed by atoms with Crippen LogP contribution in [0.5, 0.6) is 0 Å². The number of hydrogen-bond acceptors (Lipinski definition) is 2. The zero-order chi connectivity index (χ0) is 13.2. The van der Waals surface area contributed by atoms with Crippen LogP contribution in [-0.4, -0.2) is 5.16 Å². The lowest BCUT2D eigenvalue weighted by atomic mass is 10.1. The van der Waals surface area contributed by atoms with E-state index >= 15 is 0 Å². The Bertz CT molecular complexity index is 704. The smallest absolute Gasteiger partial charge is 0.167 e. The van der Waals surface area contributed by atoms with E-state index in [1.165, 1.54) is 6.07 Å². The van der Waals surface area contributed by atoms with Crippen LogP contribution in [0.3, 0.4) is 0 Å². The second kappa shape index (κ2) is 4.69. The van der Waals surface area contributed by atoms with Gasteiger partial charge in [0.2, 0.25) is 0 Å². The van der Waals surface area contributed by atoms with Crippen molar-refractivity contribution in [2.75, 3.05) is 0 Å². The molecule has 0 spiro atoms. The highest BCUT2D eigenvalue weighted by molar-refractivity contribution is 5.66. The highest BCUT2D eigenvalue weighted by Gasteiger charge is 2.09. The van der Waals surface area contributed by atoms with E-state index in [1.807, 2.05) is 42.5 Å². The molecule has 0 unspecified atom stereocenters. The summed E-state index contributed by atoms with van der Waals surface area (Å²) < 4.78 is 18.8. The van der Waals surface area contributed by atoms with Crippen LogP contribution in [0, 0.1) is 12.7 Å². The van der Waals surface area contributed by atoms with Crippen molar-refractivity contribution in [3.63, 3.8) is 0 Å². The lowest BCUT2D eigenvalue weighted by Gasteiger charge is -1.98. The Morgan fingerprint density at radius 1 is 0.947 bits per heavy atom. The van der Waals surface area contributed by atoms with Crippen molar-refractivity contribution in [1.29, 1.82) is 0 Å². The van der Waals surface area contributed by atoms with Gasteiger partial charge in [-0.15, -0.1) is 0 Å². The highest BCUT2D eigenvalue weighted by Crippen LogP contribution is 2.26. The molecule has 1 heterocycles. The van der Waals surface area contributed by atoms with E-state index in [2.05, 4.69) is 5.16 Å². The van der Waals surface area contributed by atoms with Gasteiger partial charge in [0.05, 0.1) is 0 Å². The Kier molecular flexibility index (Phi) is 2.88. The van der Waals surface area contributed by atoms with Gasteiger partial charge >= 0.3 is 0 Å². The Hall–Kier alpha value is -2.42. The number of aryl methyl sites for hydroxylation is 1. The van der Waals surface area contributed by atoms with Gasteiger partial charge in [0.15, 0.2) is 5.76 Å². The quantitative estimate of drug-likeness (QED) is 0.674. The molecular weight excluding hydrogens is 241 g/mol. The van der Waals surface area contributed by atoms with Gasteiger partial charge in [-0.3, -0.25) is 0 Å². The lowest BCUT2D eigenvalue weighted by Crippen LogP contribution is -1.82. The standard InChI is InChI=1S/C16H12FNO/c1-11-7-8-13(9-14(11)17)16-10-15(18-19-16)12-5-3-2-4-6-12/h2-10H,1H3. The molecule has 3 heteroatoms. The summed E-state index contributed by atoms with van der Waals surface area (Å²) in [5.41, 5.74) is 3.03. The zero-order valence-electron chi connectivity index (χ0n) is 10.4. The maximum absolute atomic E-state index is 13.5. The monoisotopic (exact) mass is 253 g/mol. The predicted octanol–water partition coefficient (Wildman–Crippen LogP) is 4.46. The first kappa shape index (κ1) is 11.7. The molecule has 3 aromatic rings. The summed E-state index contributed by atoms with van der Waals surface area (Å²) in [6, 6.07) is 16.6. The first-order valence-electron chi connectivity index (χ1n) is 6.03. The molecule has 0 N–H and O–H groups in total. The van der Waals surface area contributed by atoms with E-state index in [0.717, 1.165) is 11.3 Å². The maximum Gasteiger partial charge on any atom is 0.167 e. The van der Waals surface area contributed by atoms with E-state index in [0.29, 0.717) is 16.9 Å². The fourth-order valence-corrected chi connectivity index (χ4v) is 1.90. The van der Waals surface area contributed by atoms with Gasteiger partial charge in [0.1, 0.15) is 11.5 Å². The van der Waals surface area contributed by atoms with E-state index in [-0.39, 0.29) is 5.82 Å². The van der Waals surface area contributed by atoms with E-state index in [9.17, 15) is 4.39 Å². The van der Waals surface area contributed by atoms with Crippen LogP contribution in [-0.2, 0) is 0 Å². The first-order chi connectivity index (χ1) is 9.24. The Balaban J connectivity index is 1.99. The van der Waals surface area contributed by atoms with Crippen LogP contribution in [0.4, 0.5) is 4.39 Å². The molecule has 0 radical (unpaired) electrons. The SMILES string of the molecule is Cc1ccc(-c2cc(-c3ccccc3)no2)cc1F. The summed E-state index contributed by atoms with van der Waals surface area (Å²) >= 11 is 0. The van der Waals surface area contributed by atoms with E-state index in [4.69, 9.17) is 4.52 Å². The number of nitrogens with zero attached hydrogens (tertiary/aromatic N) is 1. The van der Waals surface area contributed by atoms with Crippen molar-refractivity contribution in [2.24, 2.45) is 0 Å². The molecule has 0 saturated carbocycles. The third-order valence-corrected chi connectivity index (χ3v) is 3.04. The molecule has 3 rings (SSSR count). The fourth-order valence-electron chi connectivity index (χ4n) is 1.90. The normalized spacial score (nSPS) is 10.6. The number of aromatic nitrogens is 1. The Labute approximate surface area is 110 Å². The molecule has 1 aromatic heterocycles. The van der Waals surface area contributed by atoms with Crippen LogP contribution in [0.25, 0.3) is 22.6 Å². The van der Waals surface area contributed by atoms with Crippen molar-refractivity contribution < 1.29 is 8.91 Å². The average Bonchev–Trinajstić information content (AvgIpc) is 2.93. The van der Waals surface area contributed by atoms with E-state index in [1.54, 1.807) is 13.0 Å². The summed E-state index contributed by atoms with van der Waals surface area (Å²) in [5.74, 6) is 0.327. The molecule has 0 saturated heterocycles. The van der Waals surface area contributed by atoms with Gasteiger partial charge in [-0.25, -0.2) is 4.39 Å². The summed E-state index contributed by atoms with van der Waals surface area (Å²) in [7, 11) is 0. The molecule has 0 amide bonds. The van der Waals surface area contributed by atoms with Gasteiger partial charge < -0.3 is 4.52 Å². The molecule has 0 fully saturated rings. The molecule has 94 valence electrons. The van der Waals surface area contributed by atoms with Crippen molar-refractivity contribution in [1.82, 2.24) is 5.16 Å². The summed E-state index contributed by atoms with van der Waals surface area (Å²) in [4.78, 5) is 0. The van der Waals surface area contributed by atoms with E-state index < -0.39 is 0 Å². The van der Waals surface area contributed by atoms with Gasteiger partial charge in [-0.1, -0.05) is 47.6 Å². The van der Waals surface area contributed by atoms with Crippen molar-refractivity contribution in [2.45, 2.75) is 6.92 Å². The maximum atomic E-state index is 13.5. The third-order valence-electron chi connectivity index (χ3n) is 3.04. The molecule has 0 aliphatic rings. The second-order valence-corrected chi connectivity index (χ2v) is 4.41. The molecular formula is C16H12FNO. The molecule has 2 nitrogen and oxygen atoms in total.